The molecule has 2 fully saturated rings. The van der Waals surface area contributed by atoms with Gasteiger partial charge in [-0.3, -0.25) is 9.59 Å². The van der Waals surface area contributed by atoms with Gasteiger partial charge in [-0.05, 0) is 75.2 Å². The Bertz CT molecular complexity index is 722. The lowest BCUT2D eigenvalue weighted by molar-refractivity contribution is -0.121. The summed E-state index contributed by atoms with van der Waals surface area (Å²) >= 11 is 0. The smallest absolute Gasteiger partial charge is 0.146 e. The van der Waals surface area contributed by atoms with Gasteiger partial charge in [-0.1, -0.05) is 43.7 Å². The SMILES string of the molecule is CC(C)=C/C=C\[C@H](C)C1CC[C@]2(C)C[C@H]3C(C(=O)C[C@@]3(C)O)/C(C=O)=C\CC12. The molecule has 0 aromatic rings. The predicted octanol–water partition coefficient (Wildman–Crippen LogP) is 5.05. The van der Waals surface area contributed by atoms with Crippen molar-refractivity contribution in [3.05, 3.63) is 35.5 Å². The molecule has 3 rings (SSSR count). The molecule has 3 aliphatic carbocycles. The van der Waals surface area contributed by atoms with Gasteiger partial charge in [-0.15, -0.1) is 0 Å². The minimum atomic E-state index is -1.01. The Labute approximate surface area is 170 Å². The third-order valence-electron chi connectivity index (χ3n) is 7.85. The van der Waals surface area contributed by atoms with E-state index in [-0.39, 0.29) is 23.5 Å². The number of fused-ring (bicyclic) bond motifs is 2. The van der Waals surface area contributed by atoms with Crippen LogP contribution in [0, 0.1) is 35.0 Å². The molecular weight excluding hydrogens is 348 g/mol. The molecule has 0 amide bonds. The highest BCUT2D eigenvalue weighted by molar-refractivity contribution is 5.94. The Balaban J connectivity index is 1.92. The monoisotopic (exact) mass is 384 g/mol. The quantitative estimate of drug-likeness (QED) is 0.545. The van der Waals surface area contributed by atoms with Crippen molar-refractivity contribution < 1.29 is 14.7 Å². The number of hydrogen-bond donors (Lipinski definition) is 1. The highest BCUT2D eigenvalue weighted by Gasteiger charge is 2.56. The van der Waals surface area contributed by atoms with E-state index in [0.717, 1.165) is 25.5 Å². The second kappa shape index (κ2) is 7.74. The number of ketones is 1. The van der Waals surface area contributed by atoms with Gasteiger partial charge < -0.3 is 5.11 Å². The van der Waals surface area contributed by atoms with Crippen LogP contribution in [0.5, 0.6) is 0 Å². The zero-order valence-electron chi connectivity index (χ0n) is 18.1. The molecule has 0 saturated heterocycles. The Hall–Kier alpha value is -1.48. The molecule has 7 atom stereocenters. The van der Waals surface area contributed by atoms with Crippen LogP contribution in [0.1, 0.15) is 66.7 Å². The number of aliphatic hydroxyl groups is 1. The van der Waals surface area contributed by atoms with Crippen molar-refractivity contribution in [2.24, 2.45) is 35.0 Å². The molecule has 1 N–H and O–H groups in total. The third kappa shape index (κ3) is 3.83. The summed E-state index contributed by atoms with van der Waals surface area (Å²) in [4.78, 5) is 24.4. The Morgan fingerprint density at radius 1 is 1.29 bits per heavy atom. The lowest BCUT2D eigenvalue weighted by Gasteiger charge is -2.42. The zero-order chi connectivity index (χ0) is 20.7. The molecule has 28 heavy (non-hydrogen) atoms. The second-order valence-corrected chi connectivity index (χ2v) is 10.3. The van der Waals surface area contributed by atoms with Crippen molar-refractivity contribution >= 4 is 12.1 Å². The van der Waals surface area contributed by atoms with Crippen molar-refractivity contribution in [3.8, 4) is 0 Å². The van der Waals surface area contributed by atoms with E-state index < -0.39 is 11.5 Å². The summed E-state index contributed by atoms with van der Waals surface area (Å²) in [6.45, 7) is 10.6. The molecule has 3 unspecified atom stereocenters. The van der Waals surface area contributed by atoms with Crippen molar-refractivity contribution in [1.29, 1.82) is 0 Å². The molecule has 0 aromatic heterocycles. The number of carbonyl (C=O) groups is 2. The van der Waals surface area contributed by atoms with Crippen LogP contribution in [0.3, 0.4) is 0 Å². The fraction of sp³-hybridized carbons (Fsp3) is 0.680. The number of allylic oxidation sites excluding steroid dienone is 6. The van der Waals surface area contributed by atoms with Gasteiger partial charge in [0.05, 0.1) is 11.5 Å². The Morgan fingerprint density at radius 3 is 2.64 bits per heavy atom. The Morgan fingerprint density at radius 2 is 2.00 bits per heavy atom. The molecule has 0 spiro atoms. The van der Waals surface area contributed by atoms with Crippen LogP contribution in [-0.4, -0.2) is 22.8 Å². The summed E-state index contributed by atoms with van der Waals surface area (Å²) in [7, 11) is 0. The number of aldehydes is 1. The van der Waals surface area contributed by atoms with Crippen LogP contribution in [0.4, 0.5) is 0 Å². The summed E-state index contributed by atoms with van der Waals surface area (Å²) < 4.78 is 0. The summed E-state index contributed by atoms with van der Waals surface area (Å²) in [6.07, 6.45) is 13.7. The molecule has 0 heterocycles. The second-order valence-electron chi connectivity index (χ2n) is 10.3. The van der Waals surface area contributed by atoms with Gasteiger partial charge in [-0.25, -0.2) is 0 Å². The fourth-order valence-electron chi connectivity index (χ4n) is 6.25. The highest BCUT2D eigenvalue weighted by Crippen LogP contribution is 2.59. The van der Waals surface area contributed by atoms with E-state index in [4.69, 9.17) is 0 Å². The van der Waals surface area contributed by atoms with Crippen molar-refractivity contribution in [1.82, 2.24) is 0 Å². The van der Waals surface area contributed by atoms with E-state index in [2.05, 4.69) is 45.9 Å². The van der Waals surface area contributed by atoms with E-state index in [1.165, 1.54) is 12.0 Å². The van der Waals surface area contributed by atoms with Gasteiger partial charge in [-0.2, -0.15) is 0 Å². The van der Waals surface area contributed by atoms with Gasteiger partial charge in [0.2, 0.25) is 0 Å². The van der Waals surface area contributed by atoms with E-state index >= 15 is 0 Å². The number of hydrogen-bond acceptors (Lipinski definition) is 3. The molecule has 2 saturated carbocycles. The topological polar surface area (TPSA) is 54.4 Å². The molecule has 3 aliphatic rings. The van der Waals surface area contributed by atoms with Crippen LogP contribution >= 0.6 is 0 Å². The predicted molar refractivity (Wildman–Crippen MR) is 113 cm³/mol. The minimum absolute atomic E-state index is 0.0305. The van der Waals surface area contributed by atoms with Crippen molar-refractivity contribution in [3.63, 3.8) is 0 Å². The Kier molecular flexibility index (Phi) is 5.87. The van der Waals surface area contributed by atoms with E-state index in [1.807, 2.05) is 6.08 Å². The van der Waals surface area contributed by atoms with Gasteiger partial charge in [0.15, 0.2) is 0 Å². The number of carbonyl (C=O) groups excluding carboxylic acids is 2. The first-order chi connectivity index (χ1) is 13.1. The number of Topliss-reactive ketones (excluding diaryl/α,β-unsaturated/α-hetero) is 1. The summed E-state index contributed by atoms with van der Waals surface area (Å²) in [5.41, 5.74) is 0.990. The average Bonchev–Trinajstić information content (AvgIpc) is 3.01. The normalized spacial score (nSPS) is 43.5. The first kappa shape index (κ1) is 21.2. The summed E-state index contributed by atoms with van der Waals surface area (Å²) in [6, 6.07) is 0. The standard InChI is InChI=1S/C25H36O3/c1-16(2)7-6-8-17(3)19-11-12-24(4)13-21-23(22(27)14-25(21,5)28)18(15-26)9-10-20(19)24/h6-9,15,17,19-21,23,28H,10-14H2,1-5H3/b8-6-,18-9-/t17-,19?,20?,21-,23?,24+,25+/m0/s1. The maximum atomic E-state index is 12.6. The van der Waals surface area contributed by atoms with Gasteiger partial charge >= 0.3 is 0 Å². The molecule has 0 aromatic carbocycles. The summed E-state index contributed by atoms with van der Waals surface area (Å²) in [5, 5.41) is 11.0. The van der Waals surface area contributed by atoms with Gasteiger partial charge in [0.1, 0.15) is 12.1 Å². The highest BCUT2D eigenvalue weighted by atomic mass is 16.3. The minimum Gasteiger partial charge on any atom is -0.389 e. The molecular formula is C25H36O3. The molecule has 3 heteroatoms. The first-order valence-electron chi connectivity index (χ1n) is 10.8. The maximum absolute atomic E-state index is 12.6. The van der Waals surface area contributed by atoms with Crippen LogP contribution in [-0.2, 0) is 9.59 Å². The fourth-order valence-corrected chi connectivity index (χ4v) is 6.25. The van der Waals surface area contributed by atoms with Crippen LogP contribution < -0.4 is 0 Å². The first-order valence-corrected chi connectivity index (χ1v) is 10.8. The lowest BCUT2D eigenvalue weighted by atomic mass is 9.63. The van der Waals surface area contributed by atoms with Crippen LogP contribution in [0.25, 0.3) is 0 Å². The van der Waals surface area contributed by atoms with Crippen LogP contribution in [0.15, 0.2) is 35.5 Å². The molecule has 0 aliphatic heterocycles. The largest absolute Gasteiger partial charge is 0.389 e. The zero-order valence-corrected chi connectivity index (χ0v) is 18.1. The van der Waals surface area contributed by atoms with E-state index in [0.29, 0.717) is 23.3 Å². The van der Waals surface area contributed by atoms with Crippen molar-refractivity contribution in [2.75, 3.05) is 0 Å². The summed E-state index contributed by atoms with van der Waals surface area (Å²) in [5.74, 6) is 0.967. The van der Waals surface area contributed by atoms with E-state index in [1.54, 1.807) is 6.92 Å². The molecule has 0 radical (unpaired) electrons. The van der Waals surface area contributed by atoms with Crippen LogP contribution in [0.2, 0.25) is 0 Å². The average molecular weight is 385 g/mol. The van der Waals surface area contributed by atoms with Crippen molar-refractivity contribution in [2.45, 2.75) is 72.3 Å². The molecule has 0 bridgehead atoms. The lowest BCUT2D eigenvalue weighted by Crippen LogP contribution is -2.40. The number of rotatable bonds is 4. The van der Waals surface area contributed by atoms with Gasteiger partial charge in [0, 0.05) is 12.3 Å². The van der Waals surface area contributed by atoms with E-state index in [9.17, 15) is 14.7 Å². The maximum Gasteiger partial charge on any atom is 0.146 e. The molecule has 3 nitrogen and oxygen atoms in total. The molecule has 154 valence electrons. The van der Waals surface area contributed by atoms with Gasteiger partial charge in [0.25, 0.3) is 0 Å². The third-order valence-corrected chi connectivity index (χ3v) is 7.85.